The van der Waals surface area contributed by atoms with Gasteiger partial charge in [0.25, 0.3) is 0 Å². The molecule has 2 aromatic carbocycles. The van der Waals surface area contributed by atoms with Gasteiger partial charge in [0.1, 0.15) is 12.7 Å². The molecule has 0 amide bonds. The average molecular weight is 352 g/mol. The SMILES string of the molecule is O=S(=O)(Oc1ncncn1)N(c1ccccc1)c1ccccc1.[H-].[Na+]. The van der Waals surface area contributed by atoms with Crippen LogP contribution in [0.15, 0.2) is 73.3 Å². The molecule has 3 rings (SSSR count). The number of anilines is 2. The van der Waals surface area contributed by atoms with Gasteiger partial charge >= 0.3 is 45.9 Å². The molecule has 0 N–H and O–H groups in total. The summed E-state index contributed by atoms with van der Waals surface area (Å²) in [6, 6.07) is 16.9. The van der Waals surface area contributed by atoms with Gasteiger partial charge in [-0.2, -0.15) is 18.4 Å². The molecular formula is C15H13N4NaO3S. The molecule has 0 atom stereocenters. The van der Waals surface area contributed by atoms with Crippen LogP contribution in [0.4, 0.5) is 11.4 Å². The van der Waals surface area contributed by atoms with Crippen LogP contribution >= 0.6 is 0 Å². The standard InChI is InChI=1S/C15H12N4O3S.Na.H/c20-23(21,22-15-17-11-16-12-18-15)19(13-7-3-1-4-8-13)14-9-5-2-6-10-14;;/h1-12H;;/q;+1;-1. The van der Waals surface area contributed by atoms with Gasteiger partial charge in [-0.25, -0.2) is 9.29 Å². The smallest absolute Gasteiger partial charge is 1.00 e. The van der Waals surface area contributed by atoms with Gasteiger partial charge in [-0.05, 0) is 24.3 Å². The van der Waals surface area contributed by atoms with Crippen LogP contribution in [0.5, 0.6) is 6.01 Å². The van der Waals surface area contributed by atoms with E-state index in [0.29, 0.717) is 11.4 Å². The van der Waals surface area contributed by atoms with E-state index >= 15 is 0 Å². The molecule has 0 spiro atoms. The van der Waals surface area contributed by atoms with Crippen molar-refractivity contribution in [3.63, 3.8) is 0 Å². The molecule has 1 heterocycles. The van der Waals surface area contributed by atoms with E-state index in [1.807, 2.05) is 0 Å². The fourth-order valence-corrected chi connectivity index (χ4v) is 3.05. The van der Waals surface area contributed by atoms with Crippen LogP contribution in [0.3, 0.4) is 0 Å². The second-order valence-electron chi connectivity index (χ2n) is 4.40. The van der Waals surface area contributed by atoms with Crippen molar-refractivity contribution < 1.29 is 43.6 Å². The number of benzene rings is 2. The van der Waals surface area contributed by atoms with E-state index in [1.54, 1.807) is 60.7 Å². The summed E-state index contributed by atoms with van der Waals surface area (Å²) in [4.78, 5) is 11.0. The average Bonchev–Trinajstić information content (AvgIpc) is 2.57. The molecule has 0 saturated carbocycles. The minimum Gasteiger partial charge on any atom is -1.00 e. The second kappa shape index (κ2) is 8.20. The predicted molar refractivity (Wildman–Crippen MR) is 85.5 cm³/mol. The number of nitrogens with zero attached hydrogens (tertiary/aromatic N) is 4. The first kappa shape index (κ1) is 18.3. The Hall–Kier alpha value is -2.00. The van der Waals surface area contributed by atoms with Gasteiger partial charge in [-0.3, -0.25) is 0 Å². The summed E-state index contributed by atoms with van der Waals surface area (Å²) >= 11 is 0. The summed E-state index contributed by atoms with van der Waals surface area (Å²) in [6.07, 6.45) is 2.32. The zero-order chi connectivity index (χ0) is 16.1. The molecule has 7 nitrogen and oxygen atoms in total. The fourth-order valence-electron chi connectivity index (χ4n) is 1.94. The topological polar surface area (TPSA) is 85.3 Å². The van der Waals surface area contributed by atoms with E-state index in [2.05, 4.69) is 15.0 Å². The summed E-state index contributed by atoms with van der Waals surface area (Å²) in [5.41, 5.74) is 0.875. The number of para-hydroxylation sites is 2. The van der Waals surface area contributed by atoms with Crippen LogP contribution < -0.4 is 38.0 Å². The third-order valence-electron chi connectivity index (χ3n) is 2.85. The van der Waals surface area contributed by atoms with Crippen LogP contribution in [-0.2, 0) is 10.3 Å². The Morgan fingerprint density at radius 2 is 1.29 bits per heavy atom. The molecule has 118 valence electrons. The maximum atomic E-state index is 12.7. The van der Waals surface area contributed by atoms with Crippen LogP contribution in [-0.4, -0.2) is 23.4 Å². The molecule has 0 bridgehead atoms. The molecule has 24 heavy (non-hydrogen) atoms. The zero-order valence-corrected chi connectivity index (χ0v) is 15.7. The predicted octanol–water partition coefficient (Wildman–Crippen LogP) is -0.550. The van der Waals surface area contributed by atoms with Gasteiger partial charge in [0, 0.05) is 0 Å². The Morgan fingerprint density at radius 1 is 0.833 bits per heavy atom. The van der Waals surface area contributed by atoms with Crippen LogP contribution in [0.2, 0.25) is 0 Å². The van der Waals surface area contributed by atoms with Crippen LogP contribution in [0, 0.1) is 0 Å². The van der Waals surface area contributed by atoms with E-state index in [0.717, 1.165) is 17.0 Å². The van der Waals surface area contributed by atoms with E-state index < -0.39 is 10.3 Å². The molecule has 9 heteroatoms. The molecule has 0 unspecified atom stereocenters. The monoisotopic (exact) mass is 352 g/mol. The van der Waals surface area contributed by atoms with Crippen LogP contribution in [0.25, 0.3) is 0 Å². The van der Waals surface area contributed by atoms with Crippen molar-refractivity contribution in [3.8, 4) is 6.01 Å². The largest absolute Gasteiger partial charge is 1.00 e. The molecule has 0 saturated heterocycles. The maximum absolute atomic E-state index is 12.7. The summed E-state index contributed by atoms with van der Waals surface area (Å²) in [5.74, 6) is 0. The summed E-state index contributed by atoms with van der Waals surface area (Å²) in [6.45, 7) is 0. The first-order chi connectivity index (χ1) is 11.2. The number of aromatic nitrogens is 3. The minimum absolute atomic E-state index is 0. The molecule has 1 aromatic heterocycles. The third-order valence-corrected chi connectivity index (χ3v) is 4.08. The minimum atomic E-state index is -4.20. The Morgan fingerprint density at radius 3 is 1.75 bits per heavy atom. The Balaban J connectivity index is 0.00000156. The second-order valence-corrected chi connectivity index (χ2v) is 5.78. The van der Waals surface area contributed by atoms with Crippen molar-refractivity contribution in [1.29, 1.82) is 0 Å². The summed E-state index contributed by atoms with van der Waals surface area (Å²) < 4.78 is 31.5. The molecule has 0 aliphatic heterocycles. The van der Waals surface area contributed by atoms with E-state index in [-0.39, 0.29) is 37.0 Å². The molecule has 0 fully saturated rings. The van der Waals surface area contributed by atoms with Gasteiger partial charge in [-0.1, -0.05) is 36.4 Å². The third kappa shape index (κ3) is 4.30. The van der Waals surface area contributed by atoms with Crippen molar-refractivity contribution in [2.45, 2.75) is 0 Å². The van der Waals surface area contributed by atoms with Crippen molar-refractivity contribution >= 4 is 21.7 Å². The number of hydrogen-bond acceptors (Lipinski definition) is 6. The summed E-state index contributed by atoms with van der Waals surface area (Å²) in [5, 5.41) is 0. The Bertz CT molecular complexity index is 832. The maximum Gasteiger partial charge on any atom is 1.00 e. The van der Waals surface area contributed by atoms with E-state index in [1.165, 1.54) is 0 Å². The van der Waals surface area contributed by atoms with E-state index in [9.17, 15) is 8.42 Å². The van der Waals surface area contributed by atoms with Gasteiger partial charge < -0.3 is 5.61 Å². The summed E-state index contributed by atoms with van der Waals surface area (Å²) in [7, 11) is -4.20. The van der Waals surface area contributed by atoms with Crippen LogP contribution in [0.1, 0.15) is 1.43 Å². The molecule has 0 radical (unpaired) electrons. The van der Waals surface area contributed by atoms with Gasteiger partial charge in [0.2, 0.25) is 0 Å². The zero-order valence-electron chi connectivity index (χ0n) is 13.9. The normalized spacial score (nSPS) is 10.5. The molecule has 3 aromatic rings. The van der Waals surface area contributed by atoms with Crippen molar-refractivity contribution in [2.24, 2.45) is 0 Å². The van der Waals surface area contributed by atoms with E-state index in [4.69, 9.17) is 4.18 Å². The van der Waals surface area contributed by atoms with Crippen molar-refractivity contribution in [1.82, 2.24) is 15.0 Å². The quantitative estimate of drug-likeness (QED) is 0.573. The number of rotatable bonds is 5. The van der Waals surface area contributed by atoms with Gasteiger partial charge in [0.15, 0.2) is 0 Å². The fraction of sp³-hybridized carbons (Fsp3) is 0. The number of hydrogen-bond donors (Lipinski definition) is 0. The van der Waals surface area contributed by atoms with Gasteiger partial charge in [0.05, 0.1) is 11.4 Å². The molecule has 0 aliphatic rings. The Labute approximate surface area is 163 Å². The van der Waals surface area contributed by atoms with Crippen molar-refractivity contribution in [3.05, 3.63) is 73.3 Å². The molecular weight excluding hydrogens is 339 g/mol. The van der Waals surface area contributed by atoms with Crippen molar-refractivity contribution in [2.75, 3.05) is 4.31 Å². The Kier molecular flexibility index (Phi) is 6.27. The van der Waals surface area contributed by atoms with Gasteiger partial charge in [-0.15, -0.1) is 0 Å². The first-order valence-electron chi connectivity index (χ1n) is 6.64. The molecule has 0 aliphatic carbocycles. The first-order valence-corrected chi connectivity index (χ1v) is 8.00.